The first kappa shape index (κ1) is 17.1. The Labute approximate surface area is 148 Å². The number of hydrogen-bond donors (Lipinski definition) is 0. The van der Waals surface area contributed by atoms with Gasteiger partial charge >= 0.3 is 0 Å². The normalized spacial score (nSPS) is 11.5. The summed E-state index contributed by atoms with van der Waals surface area (Å²) < 4.78 is 4.94. The molecule has 4 nitrogen and oxygen atoms in total. The molecule has 0 aliphatic carbocycles. The van der Waals surface area contributed by atoms with Gasteiger partial charge in [-0.1, -0.05) is 91.0 Å². The zero-order valence-corrected chi connectivity index (χ0v) is 14.5. The van der Waals surface area contributed by atoms with Crippen molar-refractivity contribution in [1.29, 1.82) is 0 Å². The van der Waals surface area contributed by atoms with Gasteiger partial charge in [0.2, 0.25) is 0 Å². The van der Waals surface area contributed by atoms with Crippen molar-refractivity contribution in [2.45, 2.75) is 11.6 Å². The van der Waals surface area contributed by atoms with Gasteiger partial charge in [-0.05, 0) is 23.1 Å². The van der Waals surface area contributed by atoms with E-state index in [1.165, 1.54) is 0 Å². The third-order valence-electron chi connectivity index (χ3n) is 4.14. The van der Waals surface area contributed by atoms with Crippen molar-refractivity contribution < 1.29 is 9.71 Å². The first-order valence-corrected chi connectivity index (χ1v) is 8.85. The molecule has 1 unspecified atom stereocenters. The molecule has 0 aliphatic heterocycles. The molecule has 25 heavy (non-hydrogen) atoms. The maximum Gasteiger partial charge on any atom is 0.297 e. The first-order chi connectivity index (χ1) is 12.2. The molecule has 5 heteroatoms. The molecule has 3 aromatic rings. The van der Waals surface area contributed by atoms with Crippen LogP contribution in [0.15, 0.2) is 91.0 Å². The Morgan fingerprint density at radius 2 is 1.24 bits per heavy atom. The van der Waals surface area contributed by atoms with Crippen LogP contribution in [-0.4, -0.2) is 5.09 Å². The summed E-state index contributed by atoms with van der Waals surface area (Å²) in [5, 5.41) is 9.63. The Hall–Kier alpha value is -2.71. The average molecular weight is 351 g/mol. The first-order valence-electron chi connectivity index (χ1n) is 7.94. The molecule has 126 valence electrons. The smallest absolute Gasteiger partial charge is 0.296 e. The summed E-state index contributed by atoms with van der Waals surface area (Å²) >= 11 is 0. The van der Waals surface area contributed by atoms with E-state index >= 15 is 0 Å². The highest BCUT2D eigenvalue weighted by atomic mass is 31.1. The fraction of sp³-hybridized carbons (Fsp3) is 0.100. The van der Waals surface area contributed by atoms with Gasteiger partial charge in [0.05, 0.1) is 14.0 Å². The van der Waals surface area contributed by atoms with E-state index < -0.39 is 10.2 Å². The standard InChI is InChI=1S/C20H18NO3P/c22-21(23)24-25-20(18-12-6-2-7-13-18,19-14-8-3-9-15-19)16-17-10-4-1-5-11-17/h1-15,25H,16H2. The van der Waals surface area contributed by atoms with Crippen molar-refractivity contribution in [2.75, 3.05) is 0 Å². The van der Waals surface area contributed by atoms with Crippen LogP contribution in [0.1, 0.15) is 16.7 Å². The molecular formula is C20H18NO3P. The van der Waals surface area contributed by atoms with Crippen LogP contribution in [0, 0.1) is 10.1 Å². The van der Waals surface area contributed by atoms with Gasteiger partial charge < -0.3 is 0 Å². The molecule has 0 N–H and O–H groups in total. The quantitative estimate of drug-likeness (QED) is 0.343. The predicted octanol–water partition coefficient (Wildman–Crippen LogP) is 4.97. The SMILES string of the molecule is O=[N+]([O-])OPC(Cc1ccccc1)(c1ccccc1)c1ccccc1. The summed E-state index contributed by atoms with van der Waals surface area (Å²) in [7, 11) is -0.345. The average Bonchev–Trinajstić information content (AvgIpc) is 2.67. The van der Waals surface area contributed by atoms with E-state index in [4.69, 9.17) is 4.62 Å². The molecule has 0 bridgehead atoms. The summed E-state index contributed by atoms with van der Waals surface area (Å²) in [5.74, 6) is 0. The minimum Gasteiger partial charge on any atom is -0.296 e. The lowest BCUT2D eigenvalue weighted by Crippen LogP contribution is -2.26. The minimum absolute atomic E-state index is 0.345. The number of hydrogen-bond acceptors (Lipinski definition) is 3. The Morgan fingerprint density at radius 3 is 1.68 bits per heavy atom. The molecule has 0 fully saturated rings. The molecule has 0 radical (unpaired) electrons. The topological polar surface area (TPSA) is 52.4 Å². The molecule has 0 spiro atoms. The molecule has 3 rings (SSSR count). The zero-order chi connectivity index (χ0) is 17.5. The van der Waals surface area contributed by atoms with Crippen LogP contribution in [0.5, 0.6) is 0 Å². The van der Waals surface area contributed by atoms with Gasteiger partial charge in [0.15, 0.2) is 0 Å². The Balaban J connectivity index is 2.14. The Bertz CT molecular complexity index is 771. The highest BCUT2D eigenvalue weighted by Crippen LogP contribution is 2.50. The van der Waals surface area contributed by atoms with E-state index in [1.54, 1.807) is 0 Å². The Kier molecular flexibility index (Phi) is 5.42. The van der Waals surface area contributed by atoms with Crippen molar-refractivity contribution in [3.63, 3.8) is 0 Å². The van der Waals surface area contributed by atoms with Crippen molar-refractivity contribution in [3.8, 4) is 0 Å². The van der Waals surface area contributed by atoms with Gasteiger partial charge in [0, 0.05) is 0 Å². The van der Waals surface area contributed by atoms with Gasteiger partial charge in [-0.25, -0.2) is 0 Å². The summed E-state index contributed by atoms with van der Waals surface area (Å²) in [5.41, 5.74) is 3.12. The lowest BCUT2D eigenvalue weighted by molar-refractivity contribution is -0.710. The van der Waals surface area contributed by atoms with Crippen LogP contribution in [0.2, 0.25) is 0 Å². The van der Waals surface area contributed by atoms with Crippen molar-refractivity contribution in [3.05, 3.63) is 118 Å². The summed E-state index contributed by atoms with van der Waals surface area (Å²) in [6.45, 7) is 0. The second-order valence-electron chi connectivity index (χ2n) is 5.72. The molecule has 0 saturated heterocycles. The van der Waals surface area contributed by atoms with Crippen molar-refractivity contribution in [1.82, 2.24) is 0 Å². The maximum atomic E-state index is 11.0. The summed E-state index contributed by atoms with van der Waals surface area (Å²) in [4.78, 5) is 11.0. The number of rotatable bonds is 7. The van der Waals surface area contributed by atoms with Gasteiger partial charge in [0.25, 0.3) is 5.09 Å². The largest absolute Gasteiger partial charge is 0.297 e. The molecule has 0 aliphatic rings. The molecule has 0 aromatic heterocycles. The summed E-state index contributed by atoms with van der Waals surface area (Å²) in [6.07, 6.45) is 0.619. The van der Waals surface area contributed by atoms with Crippen LogP contribution in [0.3, 0.4) is 0 Å². The third kappa shape index (κ3) is 4.04. The molecule has 0 saturated carbocycles. The second-order valence-corrected chi connectivity index (χ2v) is 6.96. The maximum absolute atomic E-state index is 11.0. The Morgan fingerprint density at radius 1 is 0.800 bits per heavy atom. The molecule has 0 heterocycles. The van der Waals surface area contributed by atoms with E-state index in [0.717, 1.165) is 16.7 Å². The van der Waals surface area contributed by atoms with E-state index in [2.05, 4.69) is 0 Å². The van der Waals surface area contributed by atoms with Crippen LogP contribution in [0.25, 0.3) is 0 Å². The lowest BCUT2D eigenvalue weighted by atomic mass is 9.85. The minimum atomic E-state index is -0.704. The van der Waals surface area contributed by atoms with Crippen molar-refractivity contribution >= 4 is 8.81 Å². The summed E-state index contributed by atoms with van der Waals surface area (Å²) in [6, 6.07) is 29.7. The van der Waals surface area contributed by atoms with Crippen LogP contribution in [0.4, 0.5) is 0 Å². The number of nitrogens with zero attached hydrogens (tertiary/aromatic N) is 1. The monoisotopic (exact) mass is 351 g/mol. The third-order valence-corrected chi connectivity index (χ3v) is 5.48. The van der Waals surface area contributed by atoms with E-state index in [9.17, 15) is 10.1 Å². The van der Waals surface area contributed by atoms with Gasteiger partial charge in [-0.3, -0.25) is 4.62 Å². The van der Waals surface area contributed by atoms with Gasteiger partial charge in [-0.2, -0.15) is 0 Å². The predicted molar refractivity (Wildman–Crippen MR) is 100 cm³/mol. The fourth-order valence-electron chi connectivity index (χ4n) is 2.99. The van der Waals surface area contributed by atoms with Gasteiger partial charge in [-0.15, -0.1) is 10.1 Å². The highest BCUT2D eigenvalue weighted by Gasteiger charge is 2.36. The zero-order valence-electron chi connectivity index (χ0n) is 13.5. The second kappa shape index (κ2) is 7.91. The molecule has 0 amide bonds. The molecule has 3 aromatic carbocycles. The lowest BCUT2D eigenvalue weighted by Gasteiger charge is -2.34. The van der Waals surface area contributed by atoms with Crippen LogP contribution < -0.4 is 0 Å². The van der Waals surface area contributed by atoms with E-state index in [1.807, 2.05) is 91.0 Å². The van der Waals surface area contributed by atoms with E-state index in [-0.39, 0.29) is 8.81 Å². The van der Waals surface area contributed by atoms with Crippen molar-refractivity contribution in [2.24, 2.45) is 0 Å². The molecular weight excluding hydrogens is 333 g/mol. The number of benzene rings is 3. The van der Waals surface area contributed by atoms with Gasteiger partial charge in [0.1, 0.15) is 0 Å². The fourth-order valence-corrected chi connectivity index (χ4v) is 4.06. The van der Waals surface area contributed by atoms with Crippen LogP contribution in [-0.2, 0) is 16.2 Å². The molecule has 1 atom stereocenters. The highest BCUT2D eigenvalue weighted by molar-refractivity contribution is 7.34. The van der Waals surface area contributed by atoms with E-state index in [0.29, 0.717) is 6.42 Å². The van der Waals surface area contributed by atoms with Crippen LogP contribution >= 0.6 is 8.81 Å².